The molecule has 2 aromatic carbocycles. The number of aromatic amines is 1. The molecule has 0 saturated carbocycles. The van der Waals surface area contributed by atoms with Crippen molar-refractivity contribution in [3.63, 3.8) is 0 Å². The van der Waals surface area contributed by atoms with E-state index in [2.05, 4.69) is 39.5 Å². The van der Waals surface area contributed by atoms with Gasteiger partial charge in [-0.1, -0.05) is 48.5 Å². The van der Waals surface area contributed by atoms with E-state index < -0.39 is 11.0 Å². The van der Waals surface area contributed by atoms with Gasteiger partial charge < -0.3 is 15.0 Å². The van der Waals surface area contributed by atoms with Gasteiger partial charge in [0.15, 0.2) is 11.0 Å². The van der Waals surface area contributed by atoms with Gasteiger partial charge in [-0.2, -0.15) is 0 Å². The Bertz CT molecular complexity index is 1360. The molecule has 1 amide bonds. The summed E-state index contributed by atoms with van der Waals surface area (Å²) < 4.78 is 21.5. The van der Waals surface area contributed by atoms with Crippen LogP contribution < -0.4 is 9.62 Å². The molecule has 3 heterocycles. The molecule has 0 spiro atoms. The number of likely N-dealkylation sites (tertiary alicyclic amines) is 1. The number of fused-ring (bicyclic) bond motifs is 1. The van der Waals surface area contributed by atoms with Crippen LogP contribution in [0, 0.1) is 0 Å². The summed E-state index contributed by atoms with van der Waals surface area (Å²) in [5.74, 6) is -0.174. The van der Waals surface area contributed by atoms with Crippen LogP contribution in [-0.4, -0.2) is 59.4 Å². The number of hydrogen-bond donors (Lipinski definition) is 2. The molecule has 0 bridgehead atoms. The maximum absolute atomic E-state index is 13.1. The van der Waals surface area contributed by atoms with Crippen LogP contribution in [0.3, 0.4) is 0 Å². The first-order chi connectivity index (χ1) is 18.0. The van der Waals surface area contributed by atoms with Crippen molar-refractivity contribution < 1.29 is 13.7 Å². The van der Waals surface area contributed by atoms with Crippen molar-refractivity contribution in [3.8, 4) is 0 Å². The predicted molar refractivity (Wildman–Crippen MR) is 150 cm³/mol. The van der Waals surface area contributed by atoms with Gasteiger partial charge in [-0.25, -0.2) is 4.21 Å². The van der Waals surface area contributed by atoms with E-state index in [1.807, 2.05) is 47.8 Å². The molecule has 7 nitrogen and oxygen atoms in total. The third kappa shape index (κ3) is 5.65. The normalized spacial score (nSPS) is 16.5. The van der Waals surface area contributed by atoms with E-state index in [4.69, 9.17) is 4.74 Å². The van der Waals surface area contributed by atoms with Gasteiger partial charge in [0.05, 0.1) is 16.8 Å². The molecule has 37 heavy (non-hydrogen) atoms. The maximum atomic E-state index is 13.1. The summed E-state index contributed by atoms with van der Waals surface area (Å²) in [5, 5.41) is 5.91. The number of rotatable bonds is 9. The van der Waals surface area contributed by atoms with Crippen LogP contribution in [0.2, 0.25) is 0 Å². The molecule has 4 aromatic rings. The lowest BCUT2D eigenvalue weighted by molar-refractivity contribution is -0.0554. The summed E-state index contributed by atoms with van der Waals surface area (Å²) >= 11 is 1.46. The molecule has 1 atom stereocenters. The number of thiophene rings is 1. The van der Waals surface area contributed by atoms with Crippen molar-refractivity contribution in [3.05, 3.63) is 83.4 Å². The number of nitrogens with zero attached hydrogens (tertiary/aromatic N) is 2. The van der Waals surface area contributed by atoms with Crippen LogP contribution in [0.5, 0.6) is 0 Å². The van der Waals surface area contributed by atoms with Crippen molar-refractivity contribution in [2.24, 2.45) is 0 Å². The summed E-state index contributed by atoms with van der Waals surface area (Å²) in [6.07, 6.45) is 1.71. The zero-order valence-corrected chi connectivity index (χ0v) is 22.7. The van der Waals surface area contributed by atoms with E-state index in [1.165, 1.54) is 16.9 Å². The summed E-state index contributed by atoms with van der Waals surface area (Å²) in [7, 11) is 2.21. The highest BCUT2D eigenvalue weighted by Gasteiger charge is 2.35. The van der Waals surface area contributed by atoms with Crippen molar-refractivity contribution in [1.29, 1.82) is 0 Å². The van der Waals surface area contributed by atoms with E-state index in [1.54, 1.807) is 18.5 Å². The average molecular weight is 537 g/mol. The molecule has 1 fully saturated rings. The van der Waals surface area contributed by atoms with Crippen LogP contribution in [0.25, 0.3) is 10.9 Å². The fourth-order valence-corrected chi connectivity index (χ4v) is 6.94. The number of anilines is 1. The summed E-state index contributed by atoms with van der Waals surface area (Å²) in [5.41, 5.74) is 2.98. The highest BCUT2D eigenvalue weighted by molar-refractivity contribution is 7.88. The SMILES string of the molecule is COC1(CNC(=O)c2cc3cccc(N(C)S(=O)c4cccs4)c3[nH]2)CCN(Cc2ccccc2)CC1. The molecule has 0 aliphatic carbocycles. The number of piperidine rings is 1. The minimum Gasteiger partial charge on any atom is -0.376 e. The number of H-pyrrole nitrogens is 1. The van der Waals surface area contributed by atoms with Crippen molar-refractivity contribution in [2.75, 3.05) is 38.1 Å². The predicted octanol–water partition coefficient (Wildman–Crippen LogP) is 4.80. The first kappa shape index (κ1) is 25.7. The number of aromatic nitrogens is 1. The van der Waals surface area contributed by atoms with Crippen molar-refractivity contribution >= 4 is 44.8 Å². The highest BCUT2D eigenvalue weighted by atomic mass is 32.2. The number of methoxy groups -OCH3 is 1. The van der Waals surface area contributed by atoms with Crippen LogP contribution in [0.15, 0.2) is 76.3 Å². The Labute approximate surface area is 224 Å². The Morgan fingerprint density at radius 3 is 2.62 bits per heavy atom. The molecule has 5 rings (SSSR count). The quantitative estimate of drug-likeness (QED) is 0.322. The second kappa shape index (κ2) is 11.2. The van der Waals surface area contributed by atoms with Gasteiger partial charge in [0.25, 0.3) is 5.91 Å². The van der Waals surface area contributed by atoms with Gasteiger partial charge >= 0.3 is 0 Å². The molecular weight excluding hydrogens is 504 g/mol. The summed E-state index contributed by atoms with van der Waals surface area (Å²) in [4.78, 5) is 18.8. The number of amides is 1. The first-order valence-corrected chi connectivity index (χ1v) is 14.4. The fourth-order valence-electron chi connectivity index (χ4n) is 4.86. The van der Waals surface area contributed by atoms with Crippen LogP contribution in [0.4, 0.5) is 5.69 Å². The van der Waals surface area contributed by atoms with Crippen LogP contribution in [-0.2, 0) is 22.3 Å². The smallest absolute Gasteiger partial charge is 0.267 e. The Morgan fingerprint density at radius 1 is 1.14 bits per heavy atom. The lowest BCUT2D eigenvalue weighted by Crippen LogP contribution is -2.51. The standard InChI is InChI=1S/C28H32N4O3S2/c1-31(37(34)25-12-7-17-36-25)24-11-6-10-22-18-23(30-26(22)24)27(33)29-20-28(35-2)13-15-32(16-14-28)19-21-8-4-3-5-9-21/h3-12,17-18,30H,13-16,19-20H2,1-2H3,(H,29,33). The lowest BCUT2D eigenvalue weighted by Gasteiger charge is -2.41. The second-order valence-electron chi connectivity index (χ2n) is 9.43. The van der Waals surface area contributed by atoms with Gasteiger partial charge in [-0.3, -0.25) is 14.0 Å². The molecule has 0 radical (unpaired) electrons. The average Bonchev–Trinajstić information content (AvgIpc) is 3.63. The van der Waals surface area contributed by atoms with E-state index in [0.29, 0.717) is 12.2 Å². The Balaban J connectivity index is 1.23. The van der Waals surface area contributed by atoms with Crippen molar-refractivity contribution in [2.45, 2.75) is 29.2 Å². The molecule has 1 unspecified atom stereocenters. The molecule has 2 aromatic heterocycles. The molecule has 2 N–H and O–H groups in total. The molecule has 194 valence electrons. The van der Waals surface area contributed by atoms with E-state index in [-0.39, 0.29) is 11.5 Å². The Morgan fingerprint density at radius 2 is 1.92 bits per heavy atom. The number of hydrogen-bond acceptors (Lipinski definition) is 5. The number of benzene rings is 2. The molecular formula is C28H32N4O3S2. The zero-order chi connectivity index (χ0) is 25.8. The maximum Gasteiger partial charge on any atom is 0.267 e. The minimum absolute atomic E-state index is 0.174. The molecule has 1 aliphatic heterocycles. The third-order valence-corrected chi connectivity index (χ3v) is 9.71. The van der Waals surface area contributed by atoms with Gasteiger partial charge in [-0.15, -0.1) is 11.3 Å². The Hall–Kier alpha value is -2.98. The van der Waals surface area contributed by atoms with Gasteiger partial charge in [0.2, 0.25) is 0 Å². The topological polar surface area (TPSA) is 77.7 Å². The second-order valence-corrected chi connectivity index (χ2v) is 12.1. The Kier molecular flexibility index (Phi) is 7.76. The zero-order valence-electron chi connectivity index (χ0n) is 21.1. The van der Waals surface area contributed by atoms with E-state index in [0.717, 1.165) is 53.3 Å². The molecule has 1 aliphatic rings. The van der Waals surface area contributed by atoms with Gasteiger partial charge in [-0.05, 0) is 42.0 Å². The minimum atomic E-state index is -1.32. The number of ether oxygens (including phenoxy) is 1. The van der Waals surface area contributed by atoms with Crippen LogP contribution >= 0.6 is 11.3 Å². The van der Waals surface area contributed by atoms with Gasteiger partial charge in [0.1, 0.15) is 9.90 Å². The van der Waals surface area contributed by atoms with E-state index >= 15 is 0 Å². The lowest BCUT2D eigenvalue weighted by atomic mass is 9.90. The molecule has 1 saturated heterocycles. The highest BCUT2D eigenvalue weighted by Crippen LogP contribution is 2.30. The number of para-hydroxylation sites is 1. The summed E-state index contributed by atoms with van der Waals surface area (Å²) in [6, 6.07) is 21.9. The third-order valence-electron chi connectivity index (χ3n) is 7.15. The number of carbonyl (C=O) groups is 1. The number of nitrogens with one attached hydrogen (secondary N) is 2. The van der Waals surface area contributed by atoms with Crippen LogP contribution in [0.1, 0.15) is 28.9 Å². The fraction of sp³-hybridized carbons (Fsp3) is 0.321. The van der Waals surface area contributed by atoms with Gasteiger partial charge in [0, 0.05) is 45.7 Å². The largest absolute Gasteiger partial charge is 0.376 e. The number of carbonyl (C=O) groups excluding carboxylic acids is 1. The van der Waals surface area contributed by atoms with E-state index in [9.17, 15) is 9.00 Å². The van der Waals surface area contributed by atoms with Crippen molar-refractivity contribution in [1.82, 2.24) is 15.2 Å². The first-order valence-electron chi connectivity index (χ1n) is 12.4. The monoisotopic (exact) mass is 536 g/mol. The summed E-state index contributed by atoms with van der Waals surface area (Å²) in [6.45, 7) is 3.21. The molecule has 9 heteroatoms.